The monoisotopic (exact) mass is 465 g/mol. The number of sulfonamides is 1. The molecule has 9 heteroatoms. The molecule has 0 atom stereocenters. The Balaban J connectivity index is 1.60. The number of nitrogens with zero attached hydrogens (tertiary/aromatic N) is 1. The van der Waals surface area contributed by atoms with Gasteiger partial charge >= 0.3 is 5.97 Å². The zero-order chi connectivity index (χ0) is 23.3. The fourth-order valence-corrected chi connectivity index (χ4v) is 6.52. The van der Waals surface area contributed by atoms with Crippen LogP contribution in [-0.4, -0.2) is 55.8 Å². The van der Waals surface area contributed by atoms with E-state index in [1.165, 1.54) is 22.7 Å². The maximum absolute atomic E-state index is 13.4. The molecule has 1 aliphatic heterocycles. The lowest BCUT2D eigenvalue weighted by atomic mass is 9.96. The number of aromatic amines is 1. The number of carbonyl (C=O) groups excluding carboxylic acids is 2. The van der Waals surface area contributed by atoms with Gasteiger partial charge in [-0.05, 0) is 65.7 Å². The van der Waals surface area contributed by atoms with Crippen molar-refractivity contribution in [1.82, 2.24) is 14.6 Å². The lowest BCUT2D eigenvalue weighted by Gasteiger charge is -2.30. The smallest absolute Gasteiger partial charge is 0.341 e. The van der Waals surface area contributed by atoms with Crippen LogP contribution in [0.2, 0.25) is 0 Å². The van der Waals surface area contributed by atoms with Gasteiger partial charge < -0.3 is 15.0 Å². The first-order valence-corrected chi connectivity index (χ1v) is 13.0. The van der Waals surface area contributed by atoms with Crippen molar-refractivity contribution >= 4 is 21.9 Å². The molecule has 1 saturated heterocycles. The third kappa shape index (κ3) is 5.43. The Kier molecular flexibility index (Phi) is 8.16. The van der Waals surface area contributed by atoms with E-state index in [0.717, 1.165) is 19.3 Å². The Hall–Kier alpha value is -2.13. The molecule has 2 N–H and O–H groups in total. The van der Waals surface area contributed by atoms with Gasteiger partial charge in [-0.1, -0.05) is 11.6 Å². The van der Waals surface area contributed by atoms with Crippen LogP contribution in [0.1, 0.15) is 73.6 Å². The maximum atomic E-state index is 13.4. The zero-order valence-corrected chi connectivity index (χ0v) is 20.1. The second kappa shape index (κ2) is 10.7. The summed E-state index contributed by atoms with van der Waals surface area (Å²) in [4.78, 5) is 27.9. The zero-order valence-electron chi connectivity index (χ0n) is 19.3. The summed E-state index contributed by atoms with van der Waals surface area (Å²) in [6.07, 6.45) is 8.84. The minimum absolute atomic E-state index is 0.000612. The van der Waals surface area contributed by atoms with Crippen LogP contribution in [-0.2, 0) is 19.6 Å². The molecule has 0 unspecified atom stereocenters. The van der Waals surface area contributed by atoms with E-state index in [-0.39, 0.29) is 42.0 Å². The number of ether oxygens (including phenoxy) is 1. The second-order valence-corrected chi connectivity index (χ2v) is 10.5. The van der Waals surface area contributed by atoms with Crippen LogP contribution in [0.5, 0.6) is 0 Å². The number of nitrogens with one attached hydrogen (secondary N) is 2. The summed E-state index contributed by atoms with van der Waals surface area (Å²) in [7, 11) is -3.88. The van der Waals surface area contributed by atoms with E-state index in [4.69, 9.17) is 4.74 Å². The van der Waals surface area contributed by atoms with Crippen LogP contribution in [0, 0.1) is 19.8 Å². The summed E-state index contributed by atoms with van der Waals surface area (Å²) in [5.74, 6) is -0.838. The van der Waals surface area contributed by atoms with Crippen molar-refractivity contribution in [1.29, 1.82) is 0 Å². The number of H-pyrrole nitrogens is 1. The van der Waals surface area contributed by atoms with E-state index < -0.39 is 16.0 Å². The van der Waals surface area contributed by atoms with Crippen LogP contribution < -0.4 is 5.32 Å². The fraction of sp³-hybridized carbons (Fsp3) is 0.652. The molecule has 0 spiro atoms. The summed E-state index contributed by atoms with van der Waals surface area (Å²) in [5, 5.41) is 3.02. The normalized spacial score (nSPS) is 18.3. The predicted octanol–water partition coefficient (Wildman–Crippen LogP) is 3.22. The molecule has 0 radical (unpaired) electrons. The van der Waals surface area contributed by atoms with Crippen molar-refractivity contribution < 1.29 is 22.7 Å². The molecule has 0 bridgehead atoms. The number of hydrogen-bond donors (Lipinski definition) is 2. The van der Waals surface area contributed by atoms with E-state index in [1.807, 2.05) is 0 Å². The Morgan fingerprint density at radius 2 is 1.91 bits per heavy atom. The van der Waals surface area contributed by atoms with Crippen LogP contribution in [0.4, 0.5) is 0 Å². The molecule has 0 saturated carbocycles. The molecule has 1 aromatic heterocycles. The van der Waals surface area contributed by atoms with Gasteiger partial charge in [-0.15, -0.1) is 0 Å². The number of piperidine rings is 1. The number of hydrogen-bond acceptors (Lipinski definition) is 5. The van der Waals surface area contributed by atoms with Gasteiger partial charge in [-0.3, -0.25) is 4.79 Å². The number of esters is 1. The van der Waals surface area contributed by atoms with E-state index in [9.17, 15) is 18.0 Å². The second-order valence-electron chi connectivity index (χ2n) is 8.63. The van der Waals surface area contributed by atoms with Crippen LogP contribution >= 0.6 is 0 Å². The highest BCUT2D eigenvalue weighted by atomic mass is 32.2. The van der Waals surface area contributed by atoms with E-state index >= 15 is 0 Å². The lowest BCUT2D eigenvalue weighted by Crippen LogP contribution is -2.43. The summed E-state index contributed by atoms with van der Waals surface area (Å²) in [5.41, 5.74) is 2.39. The SMILES string of the molecule is CCOC(=O)c1c(C)[nH]c(C)c1S(=O)(=O)N1CCC(C(=O)NCCC2=CCCCC2)CC1. The number of aryl methyl sites for hydroxylation is 2. The minimum atomic E-state index is -3.88. The molecule has 2 heterocycles. The van der Waals surface area contributed by atoms with Gasteiger partial charge in [0.1, 0.15) is 10.5 Å². The molecule has 1 amide bonds. The van der Waals surface area contributed by atoms with Crippen LogP contribution in [0.3, 0.4) is 0 Å². The minimum Gasteiger partial charge on any atom is -0.462 e. The van der Waals surface area contributed by atoms with Gasteiger partial charge in [0.05, 0.1) is 6.61 Å². The average molecular weight is 466 g/mol. The topological polar surface area (TPSA) is 109 Å². The maximum Gasteiger partial charge on any atom is 0.341 e. The molecule has 8 nitrogen and oxygen atoms in total. The van der Waals surface area contributed by atoms with Gasteiger partial charge in [-0.2, -0.15) is 4.31 Å². The molecular weight excluding hydrogens is 430 g/mol. The molecule has 2 aliphatic rings. The predicted molar refractivity (Wildman–Crippen MR) is 122 cm³/mol. The highest BCUT2D eigenvalue weighted by Crippen LogP contribution is 2.30. The van der Waals surface area contributed by atoms with Crippen molar-refractivity contribution in [2.24, 2.45) is 5.92 Å². The Bertz CT molecular complexity index is 972. The van der Waals surface area contributed by atoms with Crippen molar-refractivity contribution in [3.05, 3.63) is 28.6 Å². The van der Waals surface area contributed by atoms with Gasteiger partial charge in [0.2, 0.25) is 15.9 Å². The Labute approximate surface area is 190 Å². The molecule has 1 aromatic rings. The first-order chi connectivity index (χ1) is 15.3. The van der Waals surface area contributed by atoms with Gasteiger partial charge in [0, 0.05) is 36.9 Å². The number of rotatable bonds is 8. The third-order valence-electron chi connectivity index (χ3n) is 6.35. The van der Waals surface area contributed by atoms with Gasteiger partial charge in [0.25, 0.3) is 0 Å². The van der Waals surface area contributed by atoms with Gasteiger partial charge in [-0.25, -0.2) is 13.2 Å². The molecule has 178 valence electrons. The van der Waals surface area contributed by atoms with Crippen molar-refractivity contribution in [3.8, 4) is 0 Å². The third-order valence-corrected chi connectivity index (χ3v) is 8.42. The highest BCUT2D eigenvalue weighted by molar-refractivity contribution is 7.89. The average Bonchev–Trinajstić information content (AvgIpc) is 3.09. The lowest BCUT2D eigenvalue weighted by molar-refractivity contribution is -0.126. The molecule has 32 heavy (non-hydrogen) atoms. The molecule has 1 aliphatic carbocycles. The Morgan fingerprint density at radius 1 is 1.19 bits per heavy atom. The van der Waals surface area contributed by atoms with Crippen molar-refractivity contribution in [2.45, 2.75) is 70.6 Å². The number of carbonyl (C=O) groups is 2. The summed E-state index contributed by atoms with van der Waals surface area (Å²) in [6, 6.07) is 0. The standard InChI is InChI=1S/C23H35N3O5S/c1-4-31-23(28)20-16(2)25-17(3)21(20)32(29,30)26-14-11-19(12-15-26)22(27)24-13-10-18-8-6-5-7-9-18/h8,19,25H,4-7,9-15H2,1-3H3,(H,24,27). The van der Waals surface area contributed by atoms with E-state index in [1.54, 1.807) is 20.8 Å². The first kappa shape index (κ1) is 24.5. The number of amides is 1. The van der Waals surface area contributed by atoms with E-state index in [0.29, 0.717) is 30.8 Å². The quantitative estimate of drug-likeness (QED) is 0.453. The number of allylic oxidation sites excluding steroid dienone is 1. The molecular formula is C23H35N3O5S. The molecule has 0 aromatic carbocycles. The van der Waals surface area contributed by atoms with Crippen molar-refractivity contribution in [2.75, 3.05) is 26.2 Å². The van der Waals surface area contributed by atoms with Gasteiger partial charge in [0.15, 0.2) is 0 Å². The molecule has 1 fully saturated rings. The number of aromatic nitrogens is 1. The summed E-state index contributed by atoms with van der Waals surface area (Å²) in [6.45, 7) is 6.29. The van der Waals surface area contributed by atoms with Crippen LogP contribution in [0.15, 0.2) is 16.5 Å². The molecule has 3 rings (SSSR count). The first-order valence-electron chi connectivity index (χ1n) is 11.6. The van der Waals surface area contributed by atoms with Crippen molar-refractivity contribution in [3.63, 3.8) is 0 Å². The largest absolute Gasteiger partial charge is 0.462 e. The highest BCUT2D eigenvalue weighted by Gasteiger charge is 2.37. The Morgan fingerprint density at radius 3 is 2.53 bits per heavy atom. The fourth-order valence-electron chi connectivity index (χ4n) is 4.64. The summed E-state index contributed by atoms with van der Waals surface area (Å²) < 4.78 is 33.2. The summed E-state index contributed by atoms with van der Waals surface area (Å²) >= 11 is 0. The van der Waals surface area contributed by atoms with E-state index in [2.05, 4.69) is 16.4 Å². The van der Waals surface area contributed by atoms with Crippen LogP contribution in [0.25, 0.3) is 0 Å².